The Morgan fingerprint density at radius 2 is 2.05 bits per heavy atom. The van der Waals surface area contributed by atoms with Crippen LogP contribution < -0.4 is 10.3 Å². The lowest BCUT2D eigenvalue weighted by Gasteiger charge is -2.13. The second kappa shape index (κ2) is 7.09. The molecule has 6 nitrogen and oxygen atoms in total. The zero-order valence-electron chi connectivity index (χ0n) is 12.9. The molecule has 1 unspecified atom stereocenters. The number of nitrogens with zero attached hydrogens (tertiary/aromatic N) is 1. The van der Waals surface area contributed by atoms with E-state index in [1.807, 2.05) is 0 Å². The quantitative estimate of drug-likeness (QED) is 0.758. The topological polar surface area (TPSA) is 66.8 Å². The smallest absolute Gasteiger partial charge is 0.326 e. The molecule has 0 saturated carbocycles. The van der Waals surface area contributed by atoms with Gasteiger partial charge in [0.15, 0.2) is 0 Å². The van der Waals surface area contributed by atoms with Crippen molar-refractivity contribution in [2.75, 3.05) is 20.8 Å². The van der Waals surface area contributed by atoms with Crippen LogP contribution in [0.25, 0.3) is 10.8 Å². The number of fused-ring (bicyclic) bond motifs is 1. The lowest BCUT2D eigenvalue weighted by atomic mass is 10.1. The second-order valence-electron chi connectivity index (χ2n) is 4.96. The molecular formula is C16H19NO5. The van der Waals surface area contributed by atoms with Crippen molar-refractivity contribution in [2.45, 2.75) is 19.6 Å². The number of ether oxygens (including phenoxy) is 3. The summed E-state index contributed by atoms with van der Waals surface area (Å²) in [5, 5.41) is 1.29. The van der Waals surface area contributed by atoms with Gasteiger partial charge in [-0.05, 0) is 36.6 Å². The summed E-state index contributed by atoms with van der Waals surface area (Å²) in [4.78, 5) is 24.2. The Morgan fingerprint density at radius 1 is 1.27 bits per heavy atom. The molecule has 0 spiro atoms. The van der Waals surface area contributed by atoms with Gasteiger partial charge in [-0.25, -0.2) is 0 Å². The third-order valence-electron chi connectivity index (χ3n) is 3.22. The molecule has 0 bridgehead atoms. The van der Waals surface area contributed by atoms with Crippen molar-refractivity contribution >= 4 is 16.7 Å². The molecule has 1 heterocycles. The number of hydrogen-bond acceptors (Lipinski definition) is 5. The molecule has 0 aliphatic rings. The minimum absolute atomic E-state index is 0.130. The Morgan fingerprint density at radius 3 is 2.73 bits per heavy atom. The van der Waals surface area contributed by atoms with Gasteiger partial charge in [-0.3, -0.25) is 9.59 Å². The molecule has 22 heavy (non-hydrogen) atoms. The molecule has 1 atom stereocenters. The van der Waals surface area contributed by atoms with E-state index >= 15 is 0 Å². The zero-order chi connectivity index (χ0) is 16.1. The molecular weight excluding hydrogens is 286 g/mol. The van der Waals surface area contributed by atoms with Crippen LogP contribution in [0.5, 0.6) is 5.75 Å². The van der Waals surface area contributed by atoms with E-state index in [1.54, 1.807) is 44.5 Å². The lowest BCUT2D eigenvalue weighted by molar-refractivity contribution is -0.151. The van der Waals surface area contributed by atoms with Crippen LogP contribution >= 0.6 is 0 Å². The van der Waals surface area contributed by atoms with E-state index < -0.39 is 5.97 Å². The molecule has 2 rings (SSSR count). The first-order valence-electron chi connectivity index (χ1n) is 6.90. The molecule has 1 aromatic heterocycles. The molecule has 0 N–H and O–H groups in total. The molecule has 0 amide bonds. The van der Waals surface area contributed by atoms with Gasteiger partial charge in [-0.15, -0.1) is 0 Å². The molecule has 2 aromatic rings. The van der Waals surface area contributed by atoms with Gasteiger partial charge in [0.25, 0.3) is 5.56 Å². The average molecular weight is 305 g/mol. The molecule has 0 saturated heterocycles. The van der Waals surface area contributed by atoms with Crippen molar-refractivity contribution in [3.8, 4) is 5.75 Å². The van der Waals surface area contributed by atoms with Crippen LogP contribution in [0.4, 0.5) is 0 Å². The van der Waals surface area contributed by atoms with Crippen molar-refractivity contribution in [1.82, 2.24) is 4.57 Å². The van der Waals surface area contributed by atoms with Gasteiger partial charge in [-0.1, -0.05) is 0 Å². The fraction of sp³-hybridized carbons (Fsp3) is 0.375. The van der Waals surface area contributed by atoms with Crippen molar-refractivity contribution in [3.63, 3.8) is 0 Å². The second-order valence-corrected chi connectivity index (χ2v) is 4.96. The van der Waals surface area contributed by atoms with Crippen LogP contribution in [0.3, 0.4) is 0 Å². The number of rotatable bonds is 6. The SMILES string of the molecule is COCC(C)OC(=O)Cn1ccc2cc(OC)ccc2c1=O. The molecule has 6 heteroatoms. The minimum atomic E-state index is -0.473. The maximum absolute atomic E-state index is 12.4. The highest BCUT2D eigenvalue weighted by molar-refractivity contribution is 5.83. The molecule has 0 radical (unpaired) electrons. The Hall–Kier alpha value is -2.34. The first kappa shape index (κ1) is 16.0. The molecule has 118 valence electrons. The zero-order valence-corrected chi connectivity index (χ0v) is 12.9. The van der Waals surface area contributed by atoms with Gasteiger partial charge in [0.2, 0.25) is 0 Å². The summed E-state index contributed by atoms with van der Waals surface area (Å²) in [6.07, 6.45) is 1.23. The van der Waals surface area contributed by atoms with Crippen molar-refractivity contribution in [1.29, 1.82) is 0 Å². The van der Waals surface area contributed by atoms with E-state index in [2.05, 4.69) is 0 Å². The van der Waals surface area contributed by atoms with Crippen molar-refractivity contribution in [2.24, 2.45) is 0 Å². The van der Waals surface area contributed by atoms with Gasteiger partial charge >= 0.3 is 5.97 Å². The monoisotopic (exact) mass is 305 g/mol. The number of benzene rings is 1. The minimum Gasteiger partial charge on any atom is -0.497 e. The van der Waals surface area contributed by atoms with E-state index in [0.29, 0.717) is 17.7 Å². The number of hydrogen-bond donors (Lipinski definition) is 0. The van der Waals surface area contributed by atoms with Gasteiger partial charge in [0.1, 0.15) is 18.4 Å². The summed E-state index contributed by atoms with van der Waals surface area (Å²) in [6, 6.07) is 6.95. The first-order chi connectivity index (χ1) is 10.5. The molecule has 0 aliphatic heterocycles. The van der Waals surface area contributed by atoms with E-state index in [9.17, 15) is 9.59 Å². The van der Waals surface area contributed by atoms with Crippen LogP contribution in [0.15, 0.2) is 35.3 Å². The summed E-state index contributed by atoms with van der Waals surface area (Å²) in [7, 11) is 3.10. The standard InChI is InChI=1S/C16H19NO5/c1-11(10-20-2)22-15(18)9-17-7-6-12-8-13(21-3)4-5-14(12)16(17)19/h4-8,11H,9-10H2,1-3H3. The van der Waals surface area contributed by atoms with Crippen molar-refractivity contribution in [3.05, 3.63) is 40.8 Å². The number of esters is 1. The highest BCUT2D eigenvalue weighted by Crippen LogP contribution is 2.17. The molecule has 1 aromatic carbocycles. The van der Waals surface area contributed by atoms with Gasteiger partial charge in [0, 0.05) is 18.7 Å². The third kappa shape index (κ3) is 3.65. The summed E-state index contributed by atoms with van der Waals surface area (Å²) in [5.74, 6) is 0.206. The molecule has 0 aliphatic carbocycles. The van der Waals surface area contributed by atoms with Gasteiger partial charge in [-0.2, -0.15) is 0 Å². The Balaban J connectivity index is 2.20. The molecule has 0 fully saturated rings. The number of methoxy groups -OCH3 is 2. The predicted octanol–water partition coefficient (Wildman–Crippen LogP) is 1.59. The van der Waals surface area contributed by atoms with Gasteiger partial charge in [0.05, 0.1) is 13.7 Å². The average Bonchev–Trinajstić information content (AvgIpc) is 2.49. The highest BCUT2D eigenvalue weighted by Gasteiger charge is 2.12. The van der Waals surface area contributed by atoms with Crippen LogP contribution in [-0.4, -0.2) is 37.5 Å². The van der Waals surface area contributed by atoms with E-state index in [4.69, 9.17) is 14.2 Å². The summed E-state index contributed by atoms with van der Waals surface area (Å²) in [5.41, 5.74) is -0.239. The van der Waals surface area contributed by atoms with Crippen LogP contribution in [0, 0.1) is 0 Å². The number of aromatic nitrogens is 1. The number of pyridine rings is 1. The fourth-order valence-electron chi connectivity index (χ4n) is 2.19. The largest absolute Gasteiger partial charge is 0.497 e. The van der Waals surface area contributed by atoms with Crippen molar-refractivity contribution < 1.29 is 19.0 Å². The highest BCUT2D eigenvalue weighted by atomic mass is 16.6. The summed E-state index contributed by atoms with van der Waals surface area (Å²) < 4.78 is 16.5. The van der Waals surface area contributed by atoms with Crippen LogP contribution in [0.1, 0.15) is 6.92 Å². The fourth-order valence-corrected chi connectivity index (χ4v) is 2.19. The summed E-state index contributed by atoms with van der Waals surface area (Å²) >= 11 is 0. The predicted molar refractivity (Wildman–Crippen MR) is 82.2 cm³/mol. The lowest BCUT2D eigenvalue weighted by Crippen LogP contribution is -2.28. The van der Waals surface area contributed by atoms with Gasteiger partial charge < -0.3 is 18.8 Å². The normalized spacial score (nSPS) is 12.1. The third-order valence-corrected chi connectivity index (χ3v) is 3.22. The first-order valence-corrected chi connectivity index (χ1v) is 6.90. The number of carbonyl (C=O) groups is 1. The van der Waals surface area contributed by atoms with Crippen LogP contribution in [-0.2, 0) is 20.8 Å². The van der Waals surface area contributed by atoms with E-state index in [0.717, 1.165) is 5.39 Å². The Labute approximate surface area is 128 Å². The maximum atomic E-state index is 12.4. The summed E-state index contributed by atoms with van der Waals surface area (Å²) in [6.45, 7) is 1.92. The Kier molecular flexibility index (Phi) is 5.16. The maximum Gasteiger partial charge on any atom is 0.326 e. The Bertz CT molecular complexity index is 722. The van der Waals surface area contributed by atoms with E-state index in [-0.39, 0.29) is 18.2 Å². The van der Waals surface area contributed by atoms with Crippen LogP contribution in [0.2, 0.25) is 0 Å². The van der Waals surface area contributed by atoms with E-state index in [1.165, 1.54) is 11.7 Å². The number of carbonyl (C=O) groups excluding carboxylic acids is 1.